The van der Waals surface area contributed by atoms with E-state index in [0.717, 1.165) is 35.2 Å². The van der Waals surface area contributed by atoms with E-state index in [-0.39, 0.29) is 30.6 Å². The Morgan fingerprint density at radius 3 is 2.60 bits per heavy atom. The van der Waals surface area contributed by atoms with Crippen LogP contribution in [0.15, 0.2) is 24.3 Å². The van der Waals surface area contributed by atoms with Crippen molar-refractivity contribution in [3.8, 4) is 0 Å². The summed E-state index contributed by atoms with van der Waals surface area (Å²) < 4.78 is 0. The van der Waals surface area contributed by atoms with E-state index < -0.39 is 5.91 Å². The number of primary amides is 1. The first-order chi connectivity index (χ1) is 8.72. The van der Waals surface area contributed by atoms with Gasteiger partial charge in [0.15, 0.2) is 0 Å². The van der Waals surface area contributed by atoms with Crippen LogP contribution in [0.25, 0.3) is 10.9 Å². The number of amides is 1. The second-order valence-corrected chi connectivity index (χ2v) is 4.96. The number of nitrogens with zero attached hydrogens (tertiary/aromatic N) is 2. The summed E-state index contributed by atoms with van der Waals surface area (Å²) in [5, 5.41) is 1.00. The van der Waals surface area contributed by atoms with Gasteiger partial charge in [-0.1, -0.05) is 18.2 Å². The van der Waals surface area contributed by atoms with Gasteiger partial charge in [0.2, 0.25) is 5.82 Å². The van der Waals surface area contributed by atoms with Crippen molar-refractivity contribution in [2.24, 2.45) is 5.73 Å². The SMILES string of the molecule is CSCCCc1nc(C(N)=O)nc2ccccc12.Cl.Cl. The number of halogens is 2. The molecule has 0 unspecified atom stereocenters. The highest BCUT2D eigenvalue weighted by Crippen LogP contribution is 2.17. The molecule has 1 amide bonds. The molecule has 110 valence electrons. The molecule has 0 fully saturated rings. The summed E-state index contributed by atoms with van der Waals surface area (Å²) in [7, 11) is 0. The molecule has 2 N–H and O–H groups in total. The second-order valence-electron chi connectivity index (χ2n) is 3.97. The third kappa shape index (κ3) is 4.51. The van der Waals surface area contributed by atoms with Gasteiger partial charge in [0.05, 0.1) is 11.2 Å². The Morgan fingerprint density at radius 1 is 1.25 bits per heavy atom. The van der Waals surface area contributed by atoms with Crippen molar-refractivity contribution >= 4 is 53.4 Å². The van der Waals surface area contributed by atoms with Crippen molar-refractivity contribution in [1.82, 2.24) is 9.97 Å². The third-order valence-electron chi connectivity index (χ3n) is 2.66. The molecule has 0 spiro atoms. The highest BCUT2D eigenvalue weighted by molar-refractivity contribution is 7.98. The van der Waals surface area contributed by atoms with Crippen LogP contribution in [0, 0.1) is 0 Å². The van der Waals surface area contributed by atoms with E-state index in [4.69, 9.17) is 5.73 Å². The van der Waals surface area contributed by atoms with Crippen molar-refractivity contribution in [2.45, 2.75) is 12.8 Å². The van der Waals surface area contributed by atoms with Crippen molar-refractivity contribution in [1.29, 1.82) is 0 Å². The topological polar surface area (TPSA) is 68.9 Å². The van der Waals surface area contributed by atoms with Crippen LogP contribution in [0.2, 0.25) is 0 Å². The Morgan fingerprint density at radius 2 is 1.95 bits per heavy atom. The Hall–Kier alpha value is -1.04. The van der Waals surface area contributed by atoms with E-state index in [1.165, 1.54) is 0 Å². The van der Waals surface area contributed by atoms with Gasteiger partial charge in [-0.25, -0.2) is 9.97 Å². The van der Waals surface area contributed by atoms with E-state index in [1.807, 2.05) is 24.3 Å². The highest BCUT2D eigenvalue weighted by atomic mass is 35.5. The van der Waals surface area contributed by atoms with Gasteiger partial charge >= 0.3 is 0 Å². The largest absolute Gasteiger partial charge is 0.363 e. The third-order valence-corrected chi connectivity index (χ3v) is 3.36. The number of aryl methyl sites for hydroxylation is 1. The van der Waals surface area contributed by atoms with Gasteiger partial charge < -0.3 is 5.73 Å². The maximum atomic E-state index is 11.2. The van der Waals surface area contributed by atoms with Crippen LogP contribution >= 0.6 is 36.6 Å². The summed E-state index contributed by atoms with van der Waals surface area (Å²) in [5.41, 5.74) is 6.94. The number of carbonyl (C=O) groups is 1. The molecule has 2 aromatic rings. The molecule has 0 radical (unpaired) electrons. The van der Waals surface area contributed by atoms with E-state index in [2.05, 4.69) is 16.2 Å². The molecule has 1 heterocycles. The van der Waals surface area contributed by atoms with Gasteiger partial charge in [-0.2, -0.15) is 11.8 Å². The van der Waals surface area contributed by atoms with Gasteiger partial charge in [0, 0.05) is 5.39 Å². The summed E-state index contributed by atoms with van der Waals surface area (Å²) >= 11 is 1.80. The lowest BCUT2D eigenvalue weighted by molar-refractivity contribution is 0.0990. The Bertz CT molecular complexity index is 581. The monoisotopic (exact) mass is 333 g/mol. The predicted octanol–water partition coefficient (Wildman–Crippen LogP) is 2.87. The Labute approximate surface area is 134 Å². The minimum atomic E-state index is -0.577. The van der Waals surface area contributed by atoms with Crippen LogP contribution < -0.4 is 5.73 Å². The Kier molecular flexibility index (Phi) is 8.53. The first-order valence-electron chi connectivity index (χ1n) is 5.77. The van der Waals surface area contributed by atoms with Crippen molar-refractivity contribution < 1.29 is 4.79 Å². The standard InChI is InChI=1S/C13H15N3OS.2ClH/c1-18-8-4-7-11-9-5-2-3-6-10(9)15-13(16-11)12(14)17;;/h2-3,5-6H,4,7-8H2,1H3,(H2,14,17);2*1H. The van der Waals surface area contributed by atoms with Crippen molar-refractivity contribution in [2.75, 3.05) is 12.0 Å². The van der Waals surface area contributed by atoms with Crippen LogP contribution in [0.1, 0.15) is 22.7 Å². The minimum Gasteiger partial charge on any atom is -0.363 e. The molecule has 1 aromatic carbocycles. The van der Waals surface area contributed by atoms with E-state index in [1.54, 1.807) is 11.8 Å². The fourth-order valence-electron chi connectivity index (χ4n) is 1.83. The van der Waals surface area contributed by atoms with E-state index >= 15 is 0 Å². The molecular weight excluding hydrogens is 317 g/mol. The zero-order chi connectivity index (χ0) is 13.0. The number of benzene rings is 1. The first-order valence-corrected chi connectivity index (χ1v) is 7.16. The van der Waals surface area contributed by atoms with Crippen LogP contribution in [-0.2, 0) is 6.42 Å². The predicted molar refractivity (Wildman–Crippen MR) is 89.3 cm³/mol. The number of aromatic nitrogens is 2. The fourth-order valence-corrected chi connectivity index (χ4v) is 2.26. The molecule has 0 saturated carbocycles. The summed E-state index contributed by atoms with van der Waals surface area (Å²) in [6, 6.07) is 7.70. The van der Waals surface area contributed by atoms with Crippen LogP contribution in [0.3, 0.4) is 0 Å². The summed E-state index contributed by atoms with van der Waals surface area (Å²) in [6.07, 6.45) is 3.94. The van der Waals surface area contributed by atoms with E-state index in [0.29, 0.717) is 0 Å². The number of rotatable bonds is 5. The highest BCUT2D eigenvalue weighted by Gasteiger charge is 2.10. The molecule has 20 heavy (non-hydrogen) atoms. The lowest BCUT2D eigenvalue weighted by Gasteiger charge is -2.06. The van der Waals surface area contributed by atoms with Gasteiger partial charge in [0.1, 0.15) is 0 Å². The number of thioether (sulfide) groups is 1. The molecule has 4 nitrogen and oxygen atoms in total. The zero-order valence-electron chi connectivity index (χ0n) is 11.0. The molecule has 0 aliphatic carbocycles. The van der Waals surface area contributed by atoms with Gasteiger partial charge in [-0.15, -0.1) is 24.8 Å². The molecule has 0 aliphatic rings. The molecule has 0 aliphatic heterocycles. The summed E-state index contributed by atoms with van der Waals surface area (Å²) in [6.45, 7) is 0. The van der Waals surface area contributed by atoms with E-state index in [9.17, 15) is 4.79 Å². The first kappa shape index (κ1) is 19.0. The lowest BCUT2D eigenvalue weighted by Crippen LogP contribution is -2.16. The van der Waals surface area contributed by atoms with Gasteiger partial charge in [0.25, 0.3) is 5.91 Å². The molecular formula is C13H17Cl2N3OS. The number of para-hydroxylation sites is 1. The maximum absolute atomic E-state index is 11.2. The quantitative estimate of drug-likeness (QED) is 0.854. The van der Waals surface area contributed by atoms with Gasteiger partial charge in [-0.05, 0) is 30.9 Å². The molecule has 7 heteroatoms. The van der Waals surface area contributed by atoms with Crippen LogP contribution in [0.4, 0.5) is 0 Å². The van der Waals surface area contributed by atoms with Gasteiger partial charge in [-0.3, -0.25) is 4.79 Å². The normalized spacial score (nSPS) is 9.65. The molecule has 0 atom stereocenters. The summed E-state index contributed by atoms with van der Waals surface area (Å²) in [4.78, 5) is 19.7. The molecule has 0 saturated heterocycles. The smallest absolute Gasteiger partial charge is 0.286 e. The van der Waals surface area contributed by atoms with Crippen LogP contribution in [0.5, 0.6) is 0 Å². The molecule has 0 bridgehead atoms. The minimum absolute atomic E-state index is 0. The zero-order valence-corrected chi connectivity index (χ0v) is 13.5. The Balaban J connectivity index is 0.00000180. The van der Waals surface area contributed by atoms with Crippen LogP contribution in [-0.4, -0.2) is 27.9 Å². The number of hydrogen-bond donors (Lipinski definition) is 1. The maximum Gasteiger partial charge on any atom is 0.286 e. The van der Waals surface area contributed by atoms with Crippen molar-refractivity contribution in [3.05, 3.63) is 35.8 Å². The average molecular weight is 334 g/mol. The molecule has 2 rings (SSSR count). The number of hydrogen-bond acceptors (Lipinski definition) is 4. The fraction of sp³-hybridized carbons (Fsp3) is 0.308. The number of carbonyl (C=O) groups excluding carboxylic acids is 1. The number of fused-ring (bicyclic) bond motifs is 1. The molecule has 1 aromatic heterocycles. The summed E-state index contributed by atoms with van der Waals surface area (Å²) in [5.74, 6) is 0.601. The lowest BCUT2D eigenvalue weighted by atomic mass is 10.1. The average Bonchev–Trinajstić information content (AvgIpc) is 2.38. The van der Waals surface area contributed by atoms with Crippen molar-refractivity contribution in [3.63, 3.8) is 0 Å². The number of nitrogens with two attached hydrogens (primary N) is 1. The second kappa shape index (κ2) is 9.00.